The highest BCUT2D eigenvalue weighted by atomic mass is 127. The van der Waals surface area contributed by atoms with Crippen LogP contribution in [0.3, 0.4) is 0 Å². The van der Waals surface area contributed by atoms with Gasteiger partial charge in [0.25, 0.3) is 0 Å². The molecule has 6 nitrogen and oxygen atoms in total. The highest BCUT2D eigenvalue weighted by Crippen LogP contribution is 2.32. The van der Waals surface area contributed by atoms with Gasteiger partial charge in [0.1, 0.15) is 0 Å². The largest absolute Gasteiger partial charge is 0.416 e. The summed E-state index contributed by atoms with van der Waals surface area (Å²) in [6.07, 6.45) is 0. The van der Waals surface area contributed by atoms with Gasteiger partial charge in [0.2, 0.25) is 23.6 Å². The summed E-state index contributed by atoms with van der Waals surface area (Å²) in [6.45, 7) is 13.1. The molecule has 2 heterocycles. The molecule has 0 aliphatic carbocycles. The van der Waals surface area contributed by atoms with Crippen molar-refractivity contribution in [1.29, 1.82) is 0 Å². The molecular weight excluding hydrogens is 575 g/mol. The second kappa shape index (κ2) is 9.52. The molecule has 188 valence electrons. The van der Waals surface area contributed by atoms with E-state index < -0.39 is 0 Å². The summed E-state index contributed by atoms with van der Waals surface area (Å²) < 4.78 is 13.1. The van der Waals surface area contributed by atoms with Crippen molar-refractivity contribution in [2.45, 2.75) is 52.4 Å². The molecule has 5 rings (SSSR count). The van der Waals surface area contributed by atoms with Gasteiger partial charge < -0.3 is 8.83 Å². The molecule has 0 amide bonds. The monoisotopic (exact) mass is 604 g/mol. The Morgan fingerprint density at radius 2 is 0.811 bits per heavy atom. The van der Waals surface area contributed by atoms with E-state index in [1.165, 1.54) is 11.1 Å². The molecule has 7 heteroatoms. The Bertz CT molecular complexity index is 1420. The zero-order valence-corrected chi connectivity index (χ0v) is 24.0. The smallest absolute Gasteiger partial charge is 0.248 e. The average molecular weight is 604 g/mol. The van der Waals surface area contributed by atoms with Gasteiger partial charge in [-0.3, -0.25) is 0 Å². The number of hydrogen-bond acceptors (Lipinski definition) is 6. The Morgan fingerprint density at radius 1 is 0.486 bits per heavy atom. The van der Waals surface area contributed by atoms with Crippen LogP contribution in [0.4, 0.5) is 0 Å². The molecule has 0 bridgehead atoms. The fourth-order valence-electron chi connectivity index (χ4n) is 3.98. The van der Waals surface area contributed by atoms with Crippen molar-refractivity contribution in [3.05, 3.63) is 81.4 Å². The minimum absolute atomic E-state index is 0.0835. The number of halogens is 1. The molecule has 3 aromatic carbocycles. The second-order valence-corrected chi connectivity index (χ2v) is 12.5. The maximum absolute atomic E-state index is 6.05. The summed E-state index contributed by atoms with van der Waals surface area (Å²) in [5, 5.41) is 17.2. The molecule has 0 unspecified atom stereocenters. The van der Waals surface area contributed by atoms with E-state index in [-0.39, 0.29) is 10.8 Å². The Hall–Kier alpha value is -3.33. The Balaban J connectivity index is 1.41. The van der Waals surface area contributed by atoms with Crippen LogP contribution in [0.15, 0.2) is 75.6 Å². The molecular formula is C30H29IN4O2. The van der Waals surface area contributed by atoms with E-state index in [9.17, 15) is 0 Å². The molecule has 0 spiro atoms. The first kappa shape index (κ1) is 25.3. The van der Waals surface area contributed by atoms with E-state index in [0.29, 0.717) is 23.6 Å². The number of aromatic nitrogens is 4. The van der Waals surface area contributed by atoms with Crippen molar-refractivity contribution >= 4 is 22.6 Å². The lowest BCUT2D eigenvalue weighted by atomic mass is 9.87. The number of hydrogen-bond donors (Lipinski definition) is 0. The van der Waals surface area contributed by atoms with E-state index in [1.54, 1.807) is 0 Å². The Morgan fingerprint density at radius 3 is 1.14 bits per heavy atom. The van der Waals surface area contributed by atoms with E-state index in [0.717, 1.165) is 25.8 Å². The molecule has 2 aromatic heterocycles. The van der Waals surface area contributed by atoms with Gasteiger partial charge >= 0.3 is 0 Å². The number of nitrogens with zero attached hydrogens (tertiary/aromatic N) is 4. The summed E-state index contributed by atoms with van der Waals surface area (Å²) in [5.41, 5.74) is 6.03. The van der Waals surface area contributed by atoms with Gasteiger partial charge in [-0.1, -0.05) is 65.8 Å². The predicted molar refractivity (Wildman–Crippen MR) is 154 cm³/mol. The van der Waals surface area contributed by atoms with Gasteiger partial charge in [0, 0.05) is 25.8 Å². The normalized spacial score (nSPS) is 12.2. The lowest BCUT2D eigenvalue weighted by Crippen LogP contribution is -2.10. The van der Waals surface area contributed by atoms with E-state index in [4.69, 9.17) is 8.83 Å². The summed E-state index contributed by atoms with van der Waals surface area (Å²) in [7, 11) is 0. The first-order valence-corrected chi connectivity index (χ1v) is 13.3. The summed E-state index contributed by atoms with van der Waals surface area (Å²) in [5.74, 6) is 1.84. The SMILES string of the molecule is CC(C)(C)c1ccc(-c2nnc(-c3cc(I)cc(-c4nnc(-c5ccc(C(C)(C)C)cc5)o4)c3)o2)cc1. The Labute approximate surface area is 230 Å². The molecule has 0 radical (unpaired) electrons. The molecule has 0 N–H and O–H groups in total. The average Bonchev–Trinajstić information content (AvgIpc) is 3.54. The van der Waals surface area contributed by atoms with Crippen LogP contribution in [0.5, 0.6) is 0 Å². The Kier molecular flexibility index (Phi) is 6.52. The molecule has 0 aliphatic rings. The van der Waals surface area contributed by atoms with Gasteiger partial charge in [-0.2, -0.15) is 0 Å². The zero-order valence-electron chi connectivity index (χ0n) is 21.8. The number of rotatable bonds is 4. The lowest BCUT2D eigenvalue weighted by molar-refractivity contribution is 0.580. The first-order chi connectivity index (χ1) is 17.5. The third kappa shape index (κ3) is 5.51. The fourth-order valence-corrected chi connectivity index (χ4v) is 4.65. The maximum Gasteiger partial charge on any atom is 0.248 e. The highest BCUT2D eigenvalue weighted by molar-refractivity contribution is 14.1. The maximum atomic E-state index is 6.05. The molecule has 37 heavy (non-hydrogen) atoms. The van der Waals surface area contributed by atoms with E-state index in [1.807, 2.05) is 42.5 Å². The first-order valence-electron chi connectivity index (χ1n) is 12.2. The third-order valence-electron chi connectivity index (χ3n) is 6.24. The van der Waals surface area contributed by atoms with Crippen LogP contribution in [0.2, 0.25) is 0 Å². The van der Waals surface area contributed by atoms with Crippen LogP contribution in [0, 0.1) is 3.57 Å². The van der Waals surface area contributed by atoms with Crippen LogP contribution in [0.25, 0.3) is 45.8 Å². The standard InChI is InChI=1S/C30H29IN4O2/c1-29(2,3)22-11-7-18(8-12-22)25-32-34-27(36-25)20-15-21(17-24(31)16-20)28-35-33-26(37-28)19-9-13-23(14-10-19)30(4,5)6/h7-17H,1-6H3. The molecule has 0 aliphatic heterocycles. The van der Waals surface area contributed by atoms with Crippen LogP contribution in [-0.4, -0.2) is 20.4 Å². The number of benzene rings is 3. The van der Waals surface area contributed by atoms with E-state index >= 15 is 0 Å². The quantitative estimate of drug-likeness (QED) is 0.192. The van der Waals surface area contributed by atoms with Gasteiger partial charge in [0.05, 0.1) is 0 Å². The van der Waals surface area contributed by atoms with Crippen molar-refractivity contribution in [3.8, 4) is 45.8 Å². The third-order valence-corrected chi connectivity index (χ3v) is 6.86. The molecule has 0 fully saturated rings. The van der Waals surface area contributed by atoms with Gasteiger partial charge in [-0.15, -0.1) is 20.4 Å². The summed E-state index contributed by atoms with van der Waals surface area (Å²) >= 11 is 2.26. The van der Waals surface area contributed by atoms with Crippen molar-refractivity contribution < 1.29 is 8.83 Å². The molecule has 5 aromatic rings. The van der Waals surface area contributed by atoms with Crippen LogP contribution < -0.4 is 0 Å². The van der Waals surface area contributed by atoms with Crippen molar-refractivity contribution in [3.63, 3.8) is 0 Å². The zero-order chi connectivity index (χ0) is 26.4. The molecule has 0 saturated carbocycles. The van der Waals surface area contributed by atoms with Gasteiger partial charge in [-0.25, -0.2) is 0 Å². The minimum Gasteiger partial charge on any atom is -0.416 e. The topological polar surface area (TPSA) is 77.8 Å². The van der Waals surface area contributed by atoms with Crippen LogP contribution in [-0.2, 0) is 10.8 Å². The second-order valence-electron chi connectivity index (χ2n) is 11.2. The highest BCUT2D eigenvalue weighted by Gasteiger charge is 2.18. The summed E-state index contributed by atoms with van der Waals surface area (Å²) in [4.78, 5) is 0. The minimum atomic E-state index is 0.0835. The summed E-state index contributed by atoms with van der Waals surface area (Å²) in [6, 6.07) is 22.4. The van der Waals surface area contributed by atoms with Crippen molar-refractivity contribution in [2.75, 3.05) is 0 Å². The lowest BCUT2D eigenvalue weighted by Gasteiger charge is -2.18. The van der Waals surface area contributed by atoms with Gasteiger partial charge in [0.15, 0.2) is 0 Å². The van der Waals surface area contributed by atoms with Crippen LogP contribution in [0.1, 0.15) is 52.7 Å². The molecule has 0 atom stereocenters. The fraction of sp³-hybridized carbons (Fsp3) is 0.267. The molecule has 0 saturated heterocycles. The van der Waals surface area contributed by atoms with E-state index in [2.05, 4.69) is 109 Å². The van der Waals surface area contributed by atoms with Crippen molar-refractivity contribution in [1.82, 2.24) is 20.4 Å². The van der Waals surface area contributed by atoms with Crippen molar-refractivity contribution in [2.24, 2.45) is 0 Å². The predicted octanol–water partition coefficient (Wildman–Crippen LogP) is 8.32. The van der Waals surface area contributed by atoms with Gasteiger partial charge in [-0.05, 0) is 87.0 Å². The van der Waals surface area contributed by atoms with Crippen LogP contribution >= 0.6 is 22.6 Å².